The van der Waals surface area contributed by atoms with Crippen LogP contribution in [0.2, 0.25) is 0 Å². The SMILES string of the molecule is CCCNCc1ccc(COCCN(C)C)nc1. The van der Waals surface area contributed by atoms with Crippen molar-refractivity contribution < 1.29 is 4.74 Å². The molecule has 0 aliphatic carbocycles. The minimum atomic E-state index is 0.594. The lowest BCUT2D eigenvalue weighted by Crippen LogP contribution is -2.18. The van der Waals surface area contributed by atoms with Crippen LogP contribution in [-0.2, 0) is 17.9 Å². The summed E-state index contributed by atoms with van der Waals surface area (Å²) in [5.41, 5.74) is 2.22. The third-order valence-corrected chi connectivity index (χ3v) is 2.57. The molecular weight excluding hydrogens is 226 g/mol. The number of pyridine rings is 1. The van der Waals surface area contributed by atoms with Crippen LogP contribution in [0.25, 0.3) is 0 Å². The highest BCUT2D eigenvalue weighted by Crippen LogP contribution is 2.01. The van der Waals surface area contributed by atoms with Gasteiger partial charge in [-0.2, -0.15) is 0 Å². The lowest BCUT2D eigenvalue weighted by atomic mass is 10.2. The predicted molar refractivity (Wildman–Crippen MR) is 74.4 cm³/mol. The molecule has 0 aliphatic rings. The van der Waals surface area contributed by atoms with E-state index >= 15 is 0 Å². The molecule has 1 N–H and O–H groups in total. The maximum absolute atomic E-state index is 5.55. The molecule has 1 rings (SSSR count). The van der Waals surface area contributed by atoms with Gasteiger partial charge in [0.25, 0.3) is 0 Å². The van der Waals surface area contributed by atoms with E-state index in [0.29, 0.717) is 6.61 Å². The van der Waals surface area contributed by atoms with Gasteiger partial charge in [-0.15, -0.1) is 0 Å². The van der Waals surface area contributed by atoms with E-state index in [1.165, 1.54) is 5.56 Å². The zero-order valence-electron chi connectivity index (χ0n) is 11.8. The average molecular weight is 251 g/mol. The monoisotopic (exact) mass is 251 g/mol. The number of hydrogen-bond donors (Lipinski definition) is 1. The molecule has 0 fully saturated rings. The van der Waals surface area contributed by atoms with Crippen LogP contribution in [0.1, 0.15) is 24.6 Å². The molecule has 0 bridgehead atoms. The van der Waals surface area contributed by atoms with Crippen LogP contribution in [0.5, 0.6) is 0 Å². The third-order valence-electron chi connectivity index (χ3n) is 2.57. The van der Waals surface area contributed by atoms with E-state index in [-0.39, 0.29) is 0 Å². The highest BCUT2D eigenvalue weighted by atomic mass is 16.5. The van der Waals surface area contributed by atoms with Crippen LogP contribution < -0.4 is 5.32 Å². The molecule has 4 heteroatoms. The van der Waals surface area contributed by atoms with Crippen LogP contribution in [0.3, 0.4) is 0 Å². The molecule has 4 nitrogen and oxygen atoms in total. The summed E-state index contributed by atoms with van der Waals surface area (Å²) in [6, 6.07) is 4.15. The van der Waals surface area contributed by atoms with E-state index in [1.807, 2.05) is 26.4 Å². The lowest BCUT2D eigenvalue weighted by Gasteiger charge is -2.09. The highest BCUT2D eigenvalue weighted by molar-refractivity contribution is 5.13. The van der Waals surface area contributed by atoms with Crippen LogP contribution in [0, 0.1) is 0 Å². The zero-order chi connectivity index (χ0) is 13.2. The fraction of sp³-hybridized carbons (Fsp3) is 0.643. The number of nitrogens with zero attached hydrogens (tertiary/aromatic N) is 2. The lowest BCUT2D eigenvalue weighted by molar-refractivity contribution is 0.103. The van der Waals surface area contributed by atoms with Gasteiger partial charge in [0.2, 0.25) is 0 Å². The van der Waals surface area contributed by atoms with Crippen LogP contribution in [-0.4, -0.2) is 43.7 Å². The Labute approximate surface area is 110 Å². The Morgan fingerprint density at radius 1 is 1.33 bits per heavy atom. The topological polar surface area (TPSA) is 37.4 Å². The van der Waals surface area contributed by atoms with Gasteiger partial charge in [0, 0.05) is 19.3 Å². The normalized spacial score (nSPS) is 11.1. The minimum absolute atomic E-state index is 0.594. The number of rotatable bonds is 9. The first-order valence-electron chi connectivity index (χ1n) is 6.59. The Balaban J connectivity index is 2.23. The summed E-state index contributed by atoms with van der Waals surface area (Å²) in [5, 5.41) is 3.36. The van der Waals surface area contributed by atoms with Crippen molar-refractivity contribution in [3.05, 3.63) is 29.6 Å². The molecule has 0 radical (unpaired) electrons. The highest BCUT2D eigenvalue weighted by Gasteiger charge is 1.97. The largest absolute Gasteiger partial charge is 0.374 e. The van der Waals surface area contributed by atoms with Gasteiger partial charge < -0.3 is 15.0 Å². The van der Waals surface area contributed by atoms with Gasteiger partial charge in [-0.3, -0.25) is 4.98 Å². The van der Waals surface area contributed by atoms with Crippen molar-refractivity contribution >= 4 is 0 Å². The van der Waals surface area contributed by atoms with Crippen LogP contribution in [0.4, 0.5) is 0 Å². The van der Waals surface area contributed by atoms with E-state index in [4.69, 9.17) is 4.74 Å². The van der Waals surface area contributed by atoms with E-state index in [2.05, 4.69) is 28.2 Å². The van der Waals surface area contributed by atoms with E-state index in [9.17, 15) is 0 Å². The number of hydrogen-bond acceptors (Lipinski definition) is 4. The van der Waals surface area contributed by atoms with Gasteiger partial charge in [0.1, 0.15) is 0 Å². The summed E-state index contributed by atoms with van der Waals surface area (Å²) in [6.45, 7) is 6.39. The second-order valence-electron chi connectivity index (χ2n) is 4.69. The Morgan fingerprint density at radius 3 is 2.78 bits per heavy atom. The standard InChI is InChI=1S/C14H25N3O/c1-4-7-15-10-13-5-6-14(16-11-13)12-18-9-8-17(2)3/h5-6,11,15H,4,7-10,12H2,1-3H3. The Bertz CT molecular complexity index is 311. The molecule has 0 aliphatic heterocycles. The maximum atomic E-state index is 5.55. The Morgan fingerprint density at radius 2 is 2.17 bits per heavy atom. The van der Waals surface area contributed by atoms with Crippen LogP contribution >= 0.6 is 0 Å². The van der Waals surface area contributed by atoms with Gasteiger partial charge in [-0.25, -0.2) is 0 Å². The molecule has 18 heavy (non-hydrogen) atoms. The van der Waals surface area contributed by atoms with Gasteiger partial charge in [0.15, 0.2) is 0 Å². The molecule has 0 atom stereocenters. The summed E-state index contributed by atoms with van der Waals surface area (Å²) in [4.78, 5) is 6.50. The third kappa shape index (κ3) is 6.69. The van der Waals surface area contributed by atoms with Crippen molar-refractivity contribution in [2.45, 2.75) is 26.5 Å². The van der Waals surface area contributed by atoms with Crippen molar-refractivity contribution in [3.63, 3.8) is 0 Å². The van der Waals surface area contributed by atoms with Crippen molar-refractivity contribution in [1.29, 1.82) is 0 Å². The first-order valence-corrected chi connectivity index (χ1v) is 6.59. The smallest absolute Gasteiger partial charge is 0.0888 e. The van der Waals surface area contributed by atoms with E-state index in [1.54, 1.807) is 0 Å². The number of nitrogens with one attached hydrogen (secondary N) is 1. The van der Waals surface area contributed by atoms with Gasteiger partial charge in [-0.1, -0.05) is 13.0 Å². The van der Waals surface area contributed by atoms with E-state index in [0.717, 1.165) is 38.4 Å². The number of ether oxygens (including phenoxy) is 1. The van der Waals surface area contributed by atoms with Gasteiger partial charge in [-0.05, 0) is 38.7 Å². The molecule has 0 amide bonds. The maximum Gasteiger partial charge on any atom is 0.0888 e. The molecule has 0 unspecified atom stereocenters. The second kappa shape index (κ2) is 9.03. The molecule has 0 saturated carbocycles. The molecule has 0 aromatic carbocycles. The quantitative estimate of drug-likeness (QED) is 0.677. The molecular formula is C14H25N3O. The van der Waals surface area contributed by atoms with Crippen molar-refractivity contribution in [2.24, 2.45) is 0 Å². The zero-order valence-corrected chi connectivity index (χ0v) is 11.8. The summed E-state index contributed by atoms with van der Waals surface area (Å²) in [7, 11) is 4.08. The number of aromatic nitrogens is 1. The summed E-state index contributed by atoms with van der Waals surface area (Å²) < 4.78 is 5.55. The predicted octanol–water partition coefficient (Wildman–Crippen LogP) is 1.66. The summed E-state index contributed by atoms with van der Waals surface area (Å²) in [5.74, 6) is 0. The number of likely N-dealkylation sites (N-methyl/N-ethyl adjacent to an activating group) is 1. The van der Waals surface area contributed by atoms with Crippen molar-refractivity contribution in [3.8, 4) is 0 Å². The van der Waals surface area contributed by atoms with Gasteiger partial charge in [0.05, 0.1) is 18.9 Å². The van der Waals surface area contributed by atoms with E-state index < -0.39 is 0 Å². The molecule has 102 valence electrons. The molecule has 0 saturated heterocycles. The molecule has 1 heterocycles. The Hall–Kier alpha value is -0.970. The Kier molecular flexibility index (Phi) is 7.57. The molecule has 1 aromatic heterocycles. The average Bonchev–Trinajstić information content (AvgIpc) is 2.36. The first kappa shape index (κ1) is 15.1. The fourth-order valence-corrected chi connectivity index (χ4v) is 1.48. The second-order valence-corrected chi connectivity index (χ2v) is 4.69. The molecule has 0 spiro atoms. The van der Waals surface area contributed by atoms with Gasteiger partial charge >= 0.3 is 0 Å². The first-order chi connectivity index (χ1) is 8.72. The summed E-state index contributed by atoms with van der Waals surface area (Å²) in [6.07, 6.45) is 3.08. The van der Waals surface area contributed by atoms with Crippen molar-refractivity contribution in [1.82, 2.24) is 15.2 Å². The van der Waals surface area contributed by atoms with Crippen LogP contribution in [0.15, 0.2) is 18.3 Å². The molecule has 1 aromatic rings. The summed E-state index contributed by atoms with van der Waals surface area (Å²) >= 11 is 0. The minimum Gasteiger partial charge on any atom is -0.374 e. The van der Waals surface area contributed by atoms with Crippen molar-refractivity contribution in [2.75, 3.05) is 33.8 Å². The fourth-order valence-electron chi connectivity index (χ4n) is 1.48.